The third-order valence-corrected chi connectivity index (χ3v) is 4.42. The van der Waals surface area contributed by atoms with Crippen molar-refractivity contribution in [3.05, 3.63) is 22.3 Å². The first-order valence-corrected chi connectivity index (χ1v) is 6.62. The second kappa shape index (κ2) is 3.74. The summed E-state index contributed by atoms with van der Waals surface area (Å²) in [4.78, 5) is 11.7. The van der Waals surface area contributed by atoms with E-state index in [0.717, 1.165) is 36.0 Å². The maximum absolute atomic E-state index is 11.7. The molecule has 3 rings (SSSR count). The van der Waals surface area contributed by atoms with Gasteiger partial charge in [-0.1, -0.05) is 6.92 Å². The Morgan fingerprint density at radius 3 is 2.72 bits per heavy atom. The average Bonchev–Trinajstić information content (AvgIpc) is 2.63. The Labute approximate surface area is 107 Å². The minimum atomic E-state index is -0.259. The van der Waals surface area contributed by atoms with E-state index in [2.05, 4.69) is 13.8 Å². The highest BCUT2D eigenvalue weighted by atomic mass is 16.5. The third kappa shape index (κ3) is 1.33. The molecule has 3 heteroatoms. The van der Waals surface area contributed by atoms with Gasteiger partial charge < -0.3 is 9.84 Å². The van der Waals surface area contributed by atoms with Crippen molar-refractivity contribution in [1.29, 1.82) is 0 Å². The lowest BCUT2D eigenvalue weighted by Gasteiger charge is -2.27. The van der Waals surface area contributed by atoms with Gasteiger partial charge >= 0.3 is 5.97 Å². The molecule has 1 aromatic rings. The predicted octanol–water partition coefficient (Wildman–Crippen LogP) is 3.16. The monoisotopic (exact) mass is 246 g/mol. The van der Waals surface area contributed by atoms with E-state index in [9.17, 15) is 9.90 Å². The lowest BCUT2D eigenvalue weighted by Crippen LogP contribution is -2.11. The molecule has 2 atom stereocenters. The summed E-state index contributed by atoms with van der Waals surface area (Å²) >= 11 is 0. The zero-order valence-electron chi connectivity index (χ0n) is 11.0. The number of phenols is 1. The molecule has 0 saturated heterocycles. The molecular weight excluding hydrogens is 228 g/mol. The molecule has 2 unspecified atom stereocenters. The summed E-state index contributed by atoms with van der Waals surface area (Å²) in [5.41, 5.74) is 4.27. The van der Waals surface area contributed by atoms with Crippen LogP contribution in [-0.4, -0.2) is 11.1 Å². The highest BCUT2D eigenvalue weighted by molar-refractivity contribution is 5.88. The van der Waals surface area contributed by atoms with Gasteiger partial charge in [0.15, 0.2) is 11.5 Å². The summed E-state index contributed by atoms with van der Waals surface area (Å²) in [7, 11) is 0. The lowest BCUT2D eigenvalue weighted by molar-refractivity contribution is -0.133. The summed E-state index contributed by atoms with van der Waals surface area (Å²) in [5, 5.41) is 10.4. The third-order valence-electron chi connectivity index (χ3n) is 4.42. The van der Waals surface area contributed by atoms with Gasteiger partial charge in [-0.05, 0) is 50.2 Å². The highest BCUT2D eigenvalue weighted by Crippen LogP contribution is 2.51. The maximum atomic E-state index is 11.7. The molecule has 0 spiro atoms. The van der Waals surface area contributed by atoms with E-state index < -0.39 is 0 Å². The van der Waals surface area contributed by atoms with Gasteiger partial charge in [-0.25, -0.2) is 0 Å². The molecule has 0 saturated carbocycles. The fraction of sp³-hybridized carbons (Fsp3) is 0.533. The Bertz CT molecular complexity index is 545. The van der Waals surface area contributed by atoms with Crippen molar-refractivity contribution >= 4 is 5.97 Å². The van der Waals surface area contributed by atoms with E-state index in [1.54, 1.807) is 0 Å². The molecule has 0 radical (unpaired) electrons. The molecule has 1 aliphatic heterocycles. The number of carbonyl (C=O) groups is 1. The first-order valence-electron chi connectivity index (χ1n) is 6.62. The molecule has 0 fully saturated rings. The van der Waals surface area contributed by atoms with Gasteiger partial charge in [0.1, 0.15) is 0 Å². The van der Waals surface area contributed by atoms with Gasteiger partial charge in [-0.15, -0.1) is 0 Å². The predicted molar refractivity (Wildman–Crippen MR) is 68.2 cm³/mol. The number of aromatic hydroxyl groups is 1. The van der Waals surface area contributed by atoms with Crippen molar-refractivity contribution in [2.75, 3.05) is 0 Å². The second-order valence-corrected chi connectivity index (χ2v) is 5.54. The lowest BCUT2D eigenvalue weighted by atomic mass is 9.78. The molecule has 1 aliphatic carbocycles. The summed E-state index contributed by atoms with van der Waals surface area (Å²) in [6.45, 7) is 6.09. The van der Waals surface area contributed by atoms with Crippen LogP contribution < -0.4 is 4.74 Å². The van der Waals surface area contributed by atoms with E-state index in [1.165, 1.54) is 5.56 Å². The van der Waals surface area contributed by atoms with Crippen LogP contribution in [0.25, 0.3) is 0 Å². The average molecular weight is 246 g/mol. The smallest absolute Gasteiger partial charge is 0.318 e. The normalized spacial score (nSPS) is 25.6. The molecule has 1 aromatic carbocycles. The van der Waals surface area contributed by atoms with Crippen LogP contribution in [0.1, 0.15) is 60.8 Å². The van der Waals surface area contributed by atoms with Crippen LogP contribution in [0.4, 0.5) is 0 Å². The number of esters is 1. The Morgan fingerprint density at radius 1 is 1.28 bits per heavy atom. The van der Waals surface area contributed by atoms with Crippen molar-refractivity contribution in [1.82, 2.24) is 0 Å². The second-order valence-electron chi connectivity index (χ2n) is 5.54. The SMILES string of the molecule is Cc1c2c(c(O)c3c1C(C)C(=O)O3)CCCC2C. The Kier molecular flexibility index (Phi) is 2.40. The van der Waals surface area contributed by atoms with Crippen molar-refractivity contribution in [2.24, 2.45) is 0 Å². The number of carbonyl (C=O) groups excluding carboxylic acids is 1. The van der Waals surface area contributed by atoms with Gasteiger partial charge in [0, 0.05) is 11.1 Å². The first kappa shape index (κ1) is 11.6. The first-order chi connectivity index (χ1) is 8.52. The number of rotatable bonds is 0. The van der Waals surface area contributed by atoms with Crippen LogP contribution >= 0.6 is 0 Å². The molecule has 1 heterocycles. The van der Waals surface area contributed by atoms with Gasteiger partial charge in [0.25, 0.3) is 0 Å². The fourth-order valence-electron chi connectivity index (χ4n) is 3.51. The number of hydrogen-bond acceptors (Lipinski definition) is 3. The Morgan fingerprint density at radius 2 is 2.00 bits per heavy atom. The zero-order valence-corrected chi connectivity index (χ0v) is 11.0. The van der Waals surface area contributed by atoms with Crippen molar-refractivity contribution in [2.45, 2.75) is 51.9 Å². The van der Waals surface area contributed by atoms with Crippen molar-refractivity contribution in [3.63, 3.8) is 0 Å². The van der Waals surface area contributed by atoms with Gasteiger partial charge in [-0.2, -0.15) is 0 Å². The van der Waals surface area contributed by atoms with Crippen LogP contribution in [0.5, 0.6) is 11.5 Å². The van der Waals surface area contributed by atoms with E-state index in [1.807, 2.05) is 6.92 Å². The Hall–Kier alpha value is -1.51. The van der Waals surface area contributed by atoms with E-state index in [-0.39, 0.29) is 17.6 Å². The van der Waals surface area contributed by atoms with Crippen molar-refractivity contribution in [3.8, 4) is 11.5 Å². The van der Waals surface area contributed by atoms with Crippen LogP contribution in [-0.2, 0) is 11.2 Å². The van der Waals surface area contributed by atoms with Gasteiger partial charge in [0.05, 0.1) is 5.92 Å². The molecule has 18 heavy (non-hydrogen) atoms. The van der Waals surface area contributed by atoms with Crippen LogP contribution in [0.2, 0.25) is 0 Å². The number of phenolic OH excluding ortho intramolecular Hbond substituents is 1. The standard InChI is InChI=1S/C15H18O3/c1-7-5-4-6-10-11(7)8(2)12-9(3)15(17)18-14(12)13(10)16/h7,9,16H,4-6H2,1-3H3. The minimum Gasteiger partial charge on any atom is -0.504 e. The summed E-state index contributed by atoms with van der Waals surface area (Å²) < 4.78 is 5.24. The number of benzene rings is 1. The van der Waals surface area contributed by atoms with Crippen LogP contribution in [0, 0.1) is 6.92 Å². The molecule has 96 valence electrons. The summed E-state index contributed by atoms with van der Waals surface area (Å²) in [6.07, 6.45) is 3.12. The molecule has 0 bridgehead atoms. The van der Waals surface area contributed by atoms with E-state index in [0.29, 0.717) is 11.7 Å². The van der Waals surface area contributed by atoms with E-state index >= 15 is 0 Å². The summed E-state index contributed by atoms with van der Waals surface area (Å²) in [6, 6.07) is 0. The fourth-order valence-corrected chi connectivity index (χ4v) is 3.51. The molecule has 0 amide bonds. The quantitative estimate of drug-likeness (QED) is 0.565. The highest BCUT2D eigenvalue weighted by Gasteiger charge is 2.37. The van der Waals surface area contributed by atoms with Crippen molar-refractivity contribution < 1.29 is 14.6 Å². The minimum absolute atomic E-state index is 0.204. The van der Waals surface area contributed by atoms with Gasteiger partial charge in [0.2, 0.25) is 0 Å². The Balaban J connectivity index is 2.32. The largest absolute Gasteiger partial charge is 0.504 e. The van der Waals surface area contributed by atoms with Crippen LogP contribution in [0.3, 0.4) is 0 Å². The summed E-state index contributed by atoms with van der Waals surface area (Å²) in [5.74, 6) is 0.560. The molecule has 1 N–H and O–H groups in total. The molecule has 2 aliphatic rings. The molecule has 0 aromatic heterocycles. The maximum Gasteiger partial charge on any atom is 0.318 e. The van der Waals surface area contributed by atoms with Crippen LogP contribution in [0.15, 0.2) is 0 Å². The number of ether oxygens (including phenoxy) is 1. The number of hydrogen-bond donors (Lipinski definition) is 1. The zero-order chi connectivity index (χ0) is 13.0. The molecular formula is C15H18O3. The van der Waals surface area contributed by atoms with E-state index in [4.69, 9.17) is 4.74 Å². The molecule has 3 nitrogen and oxygen atoms in total. The number of fused-ring (bicyclic) bond motifs is 2. The topological polar surface area (TPSA) is 46.5 Å². The van der Waals surface area contributed by atoms with Gasteiger partial charge in [-0.3, -0.25) is 4.79 Å².